The van der Waals surface area contributed by atoms with Crippen LogP contribution in [0.25, 0.3) is 0 Å². The van der Waals surface area contributed by atoms with E-state index < -0.39 is 0 Å². The van der Waals surface area contributed by atoms with Gasteiger partial charge in [-0.05, 0) is 0 Å². The average molecular weight is 1090 g/mol. The summed E-state index contributed by atoms with van der Waals surface area (Å²) in [7, 11) is 0. The van der Waals surface area contributed by atoms with Gasteiger partial charge >= 0.3 is 142 Å². The van der Waals surface area contributed by atoms with Gasteiger partial charge in [-0.2, -0.15) is 46.6 Å². The Hall–Kier alpha value is -0.860. The largest absolute Gasteiger partial charge is 1.00 e. The Labute approximate surface area is 439 Å². The Balaban J connectivity index is 0. The minimum absolute atomic E-state index is 0. The normalized spacial score (nSPS) is 19.8. The Morgan fingerprint density at radius 2 is 0.547 bits per heavy atom. The summed E-state index contributed by atoms with van der Waals surface area (Å²) in [5.41, 5.74) is 12.1. The molecule has 0 saturated carbocycles. The topological polar surface area (TPSA) is 0 Å². The average Bonchev–Trinajstić information content (AvgIpc) is 3.89. The monoisotopic (exact) mass is 1090 g/mol. The van der Waals surface area contributed by atoms with Crippen LogP contribution < -0.4 is 35.2 Å². The van der Waals surface area contributed by atoms with Gasteiger partial charge in [-0.15, -0.1) is 0 Å². The van der Waals surface area contributed by atoms with Gasteiger partial charge in [0.1, 0.15) is 0 Å². The van der Waals surface area contributed by atoms with E-state index in [2.05, 4.69) is 261 Å². The Bertz CT molecular complexity index is 1800. The van der Waals surface area contributed by atoms with Crippen LogP contribution in [0.15, 0.2) is 130 Å². The smallest absolute Gasteiger partial charge is 1.00 e. The van der Waals surface area contributed by atoms with Gasteiger partial charge in [0.2, 0.25) is 0 Å². The first-order valence-electron chi connectivity index (χ1n) is 22.8. The molecule has 0 bridgehead atoms. The van der Waals surface area contributed by atoms with E-state index in [1.807, 2.05) is 0 Å². The molecule has 0 saturated heterocycles. The first kappa shape index (κ1) is 65.2. The van der Waals surface area contributed by atoms with E-state index in [4.69, 9.17) is 0 Å². The van der Waals surface area contributed by atoms with Crippen molar-refractivity contribution in [3.63, 3.8) is 0 Å². The fourth-order valence-electron chi connectivity index (χ4n) is 7.97. The van der Waals surface area contributed by atoms with Crippen molar-refractivity contribution in [3.05, 3.63) is 154 Å². The van der Waals surface area contributed by atoms with Crippen molar-refractivity contribution in [2.24, 2.45) is 45.3 Å². The SMILES string of the molecule is CC1=[C-]C(C)C=C1C(C)(C)C.CC1=[C-]C(C)C=C1C(C)(C)C.CC1=[C-]C(C)C=C1C(C)(C)C.CC1=[C-]C(C)C=C1C(C)(C)C.C[Si](=[Zr+2])c1ccccc1.C[Si](=[Zr+2])c1ccccc1.[Cl-].[Cl-]. The first-order valence-corrected chi connectivity index (χ1v) is 34.1. The summed E-state index contributed by atoms with van der Waals surface area (Å²) < 4.78 is 0. The molecule has 4 atom stereocenters. The van der Waals surface area contributed by atoms with Crippen molar-refractivity contribution < 1.29 is 71.5 Å². The summed E-state index contributed by atoms with van der Waals surface area (Å²) in [6, 6.07) is 21.5. The van der Waals surface area contributed by atoms with E-state index in [1.54, 1.807) is 57.0 Å². The number of rotatable bonds is 2. The second-order valence-corrected chi connectivity index (χ2v) is 36.3. The maximum Gasteiger partial charge on any atom is -1.00 e. The molecular formula is C58H84Cl2Si2Zr2-2. The molecule has 0 N–H and O–H groups in total. The molecule has 0 spiro atoms. The Kier molecular flexibility index (Phi) is 29.8. The molecule has 4 unspecified atom stereocenters. The number of hydrogen-bond donors (Lipinski definition) is 0. The zero-order chi connectivity index (χ0) is 48.0. The van der Waals surface area contributed by atoms with Gasteiger partial charge < -0.3 is 24.8 Å². The molecule has 0 fully saturated rings. The van der Waals surface area contributed by atoms with Crippen molar-refractivity contribution in [1.82, 2.24) is 0 Å². The minimum Gasteiger partial charge on any atom is -1.00 e. The third-order valence-electron chi connectivity index (χ3n) is 10.7. The van der Waals surface area contributed by atoms with Crippen molar-refractivity contribution in [1.29, 1.82) is 0 Å². The molecule has 4 aliphatic rings. The minimum atomic E-state index is -0.122. The van der Waals surface area contributed by atoms with E-state index in [0.29, 0.717) is 45.3 Å². The third kappa shape index (κ3) is 24.4. The summed E-state index contributed by atoms with van der Waals surface area (Å²) in [4.78, 5) is 0. The summed E-state index contributed by atoms with van der Waals surface area (Å²) in [5, 5.41) is 3.11. The molecule has 0 aromatic heterocycles. The Morgan fingerprint density at radius 3 is 0.625 bits per heavy atom. The molecule has 6 rings (SSSR count). The van der Waals surface area contributed by atoms with Crippen molar-refractivity contribution in [3.8, 4) is 0 Å². The van der Waals surface area contributed by atoms with Gasteiger partial charge in [-0.1, -0.05) is 184 Å². The van der Waals surface area contributed by atoms with E-state index in [-0.39, 0.29) is 35.7 Å². The van der Waals surface area contributed by atoms with Crippen LogP contribution in [0.2, 0.25) is 13.1 Å². The molecule has 348 valence electrons. The van der Waals surface area contributed by atoms with Gasteiger partial charge in [-0.3, -0.25) is 24.3 Å². The fraction of sp³-hybridized carbons (Fsp3) is 0.517. The summed E-state index contributed by atoms with van der Waals surface area (Å²) >= 11 is 3.38. The number of benzene rings is 2. The zero-order valence-electron chi connectivity index (χ0n) is 44.1. The maximum atomic E-state index is 3.40. The summed E-state index contributed by atoms with van der Waals surface area (Å²) in [6.45, 7) is 49.1. The van der Waals surface area contributed by atoms with Crippen LogP contribution in [0, 0.1) is 69.6 Å². The van der Waals surface area contributed by atoms with Crippen molar-refractivity contribution in [2.45, 2.75) is 152 Å². The standard InChI is InChI=1S/4C11H17.2C7H8Si.2ClH.2Zr/c4*1-8-6-9(2)10(7-8)11(3,4)5;2*1-8-7-5-3-2-4-6-7;;;;/h4*7-8H,1-5H3;2*2-6H,1H3;2*1H;;/q4*-1;;;;;2*+2/p-2. The van der Waals surface area contributed by atoms with Crippen molar-refractivity contribution >= 4 is 21.2 Å². The molecular weight excluding hydrogens is 1010 g/mol. The predicted octanol–water partition coefficient (Wildman–Crippen LogP) is 9.56. The van der Waals surface area contributed by atoms with Crippen LogP contribution in [-0.4, -0.2) is 10.9 Å². The molecule has 0 heterocycles. The molecule has 0 aliphatic heterocycles. The second kappa shape index (κ2) is 29.2. The molecule has 0 amide bonds. The van der Waals surface area contributed by atoms with Crippen LogP contribution in [0.3, 0.4) is 0 Å². The van der Waals surface area contributed by atoms with Gasteiger partial charge in [0, 0.05) is 0 Å². The van der Waals surface area contributed by atoms with Crippen LogP contribution in [0.5, 0.6) is 0 Å². The molecule has 0 nitrogen and oxygen atoms in total. The summed E-state index contributed by atoms with van der Waals surface area (Å²) in [6.07, 6.45) is 22.8. The molecule has 0 radical (unpaired) electrons. The quantitative estimate of drug-likeness (QED) is 0.208. The fourth-order valence-corrected chi connectivity index (χ4v) is 11.8. The molecule has 2 aromatic rings. The van der Waals surface area contributed by atoms with Gasteiger partial charge in [0.05, 0.1) is 0 Å². The van der Waals surface area contributed by atoms with E-state index in [1.165, 1.54) is 44.6 Å². The maximum absolute atomic E-state index is 3.40. The number of hydrogen-bond acceptors (Lipinski definition) is 0. The second-order valence-electron chi connectivity index (χ2n) is 21.5. The van der Waals surface area contributed by atoms with Gasteiger partial charge in [-0.25, -0.2) is 22.3 Å². The third-order valence-corrected chi connectivity index (χ3v) is 17.4. The van der Waals surface area contributed by atoms with Crippen LogP contribution in [0.1, 0.15) is 138 Å². The molecule has 6 heteroatoms. The van der Waals surface area contributed by atoms with Gasteiger partial charge in [0.15, 0.2) is 0 Å². The number of halogens is 2. The Morgan fingerprint density at radius 1 is 0.375 bits per heavy atom. The van der Waals surface area contributed by atoms with Gasteiger partial charge in [0.25, 0.3) is 0 Å². The first-order chi connectivity index (χ1) is 28.2. The molecule has 64 heavy (non-hydrogen) atoms. The zero-order valence-corrected chi connectivity index (χ0v) is 52.6. The van der Waals surface area contributed by atoms with Crippen molar-refractivity contribution in [2.75, 3.05) is 0 Å². The number of allylic oxidation sites excluding steroid dienone is 16. The molecule has 2 aromatic carbocycles. The van der Waals surface area contributed by atoms with E-state index in [0.717, 1.165) is 0 Å². The van der Waals surface area contributed by atoms with E-state index >= 15 is 0 Å². The van der Waals surface area contributed by atoms with Crippen LogP contribution in [-0.2, 0) is 46.7 Å². The van der Waals surface area contributed by atoms with Crippen LogP contribution in [0.4, 0.5) is 0 Å². The van der Waals surface area contributed by atoms with E-state index in [9.17, 15) is 0 Å². The molecule has 4 aliphatic carbocycles. The summed E-state index contributed by atoms with van der Waals surface area (Å²) in [5.74, 6) is 2.07. The predicted molar refractivity (Wildman–Crippen MR) is 272 cm³/mol. The van der Waals surface area contributed by atoms with Crippen LogP contribution >= 0.6 is 0 Å².